The van der Waals surface area contributed by atoms with E-state index in [1.807, 2.05) is 0 Å². The molecule has 0 aromatic carbocycles. The van der Waals surface area contributed by atoms with Crippen LogP contribution in [0.3, 0.4) is 0 Å². The molecule has 0 bridgehead atoms. The maximum absolute atomic E-state index is 5.75. The summed E-state index contributed by atoms with van der Waals surface area (Å²) in [5.41, 5.74) is 0. The Balaban J connectivity index is 4.14. The molecule has 0 aliphatic heterocycles. The molecular formula is C17H36O2. The summed E-state index contributed by atoms with van der Waals surface area (Å²) in [6.45, 7) is 6.72. The van der Waals surface area contributed by atoms with Gasteiger partial charge < -0.3 is 9.47 Å². The van der Waals surface area contributed by atoms with Crippen molar-refractivity contribution in [3.63, 3.8) is 0 Å². The zero-order valence-corrected chi connectivity index (χ0v) is 14.0. The number of unbranched alkanes of at least 4 members (excludes halogenated alkanes) is 5. The minimum atomic E-state index is -0.354. The van der Waals surface area contributed by atoms with Crippen LogP contribution in [0, 0.1) is 5.92 Å². The summed E-state index contributed by atoms with van der Waals surface area (Å²) < 4.78 is 11.5. The fourth-order valence-corrected chi connectivity index (χ4v) is 3.08. The summed E-state index contributed by atoms with van der Waals surface area (Å²) in [6, 6.07) is 0. The largest absolute Gasteiger partial charge is 0.353 e. The third-order valence-corrected chi connectivity index (χ3v) is 4.31. The summed E-state index contributed by atoms with van der Waals surface area (Å²) in [6.07, 6.45) is 12.6. The van der Waals surface area contributed by atoms with Gasteiger partial charge in [0.2, 0.25) is 0 Å². The van der Waals surface area contributed by atoms with Crippen molar-refractivity contribution in [2.45, 2.75) is 90.8 Å². The van der Waals surface area contributed by atoms with Gasteiger partial charge in [-0.2, -0.15) is 0 Å². The molecule has 0 saturated heterocycles. The molecule has 0 aliphatic rings. The Morgan fingerprint density at radius 3 is 1.84 bits per heavy atom. The van der Waals surface area contributed by atoms with Crippen LogP contribution in [0.1, 0.15) is 85.0 Å². The van der Waals surface area contributed by atoms with Crippen LogP contribution in [-0.2, 0) is 9.47 Å². The van der Waals surface area contributed by atoms with Gasteiger partial charge in [0.25, 0.3) is 0 Å². The van der Waals surface area contributed by atoms with Gasteiger partial charge in [-0.1, -0.05) is 65.7 Å². The lowest BCUT2D eigenvalue weighted by Gasteiger charge is -2.38. The zero-order chi connectivity index (χ0) is 14.6. The van der Waals surface area contributed by atoms with Gasteiger partial charge >= 0.3 is 0 Å². The van der Waals surface area contributed by atoms with E-state index in [9.17, 15) is 0 Å². The van der Waals surface area contributed by atoms with Gasteiger partial charge in [-0.25, -0.2) is 0 Å². The summed E-state index contributed by atoms with van der Waals surface area (Å²) in [4.78, 5) is 0. The van der Waals surface area contributed by atoms with E-state index in [4.69, 9.17) is 9.47 Å². The summed E-state index contributed by atoms with van der Waals surface area (Å²) in [5.74, 6) is 0.168. The van der Waals surface area contributed by atoms with Gasteiger partial charge in [-0.3, -0.25) is 0 Å². The van der Waals surface area contributed by atoms with E-state index in [0.717, 1.165) is 19.3 Å². The quantitative estimate of drug-likeness (QED) is 0.323. The lowest BCUT2D eigenvalue weighted by Crippen LogP contribution is -2.41. The number of methoxy groups -OCH3 is 2. The normalized spacial score (nSPS) is 13.7. The molecule has 0 aliphatic carbocycles. The molecule has 0 fully saturated rings. The molecule has 0 saturated carbocycles. The van der Waals surface area contributed by atoms with Crippen LogP contribution in [0.2, 0.25) is 0 Å². The van der Waals surface area contributed by atoms with Gasteiger partial charge in [0, 0.05) is 26.6 Å². The molecule has 0 rings (SSSR count). The van der Waals surface area contributed by atoms with Crippen molar-refractivity contribution in [1.82, 2.24) is 0 Å². The first-order valence-electron chi connectivity index (χ1n) is 8.30. The van der Waals surface area contributed by atoms with E-state index in [1.54, 1.807) is 14.2 Å². The van der Waals surface area contributed by atoms with Crippen molar-refractivity contribution in [3.8, 4) is 0 Å². The van der Waals surface area contributed by atoms with Crippen LogP contribution in [-0.4, -0.2) is 20.0 Å². The summed E-state index contributed by atoms with van der Waals surface area (Å²) in [7, 11) is 3.59. The Morgan fingerprint density at radius 1 is 0.789 bits per heavy atom. The maximum atomic E-state index is 5.75. The van der Waals surface area contributed by atoms with E-state index < -0.39 is 0 Å². The van der Waals surface area contributed by atoms with Gasteiger partial charge in [0.15, 0.2) is 5.79 Å². The smallest absolute Gasteiger partial charge is 0.170 e. The molecular weight excluding hydrogens is 236 g/mol. The monoisotopic (exact) mass is 272 g/mol. The minimum absolute atomic E-state index is 0.354. The van der Waals surface area contributed by atoms with Crippen LogP contribution in [0.15, 0.2) is 0 Å². The highest BCUT2D eigenvalue weighted by atomic mass is 16.7. The maximum Gasteiger partial charge on any atom is 0.170 e. The van der Waals surface area contributed by atoms with Gasteiger partial charge in [-0.05, 0) is 12.8 Å². The highest BCUT2D eigenvalue weighted by Crippen LogP contribution is 2.34. The van der Waals surface area contributed by atoms with Crippen molar-refractivity contribution < 1.29 is 9.47 Å². The average molecular weight is 272 g/mol. The van der Waals surface area contributed by atoms with E-state index >= 15 is 0 Å². The molecule has 0 aromatic heterocycles. The van der Waals surface area contributed by atoms with Crippen LogP contribution in [0.25, 0.3) is 0 Å². The van der Waals surface area contributed by atoms with Crippen molar-refractivity contribution in [1.29, 1.82) is 0 Å². The number of hydrogen-bond donors (Lipinski definition) is 0. The van der Waals surface area contributed by atoms with Gasteiger partial charge in [0.1, 0.15) is 0 Å². The van der Waals surface area contributed by atoms with Crippen molar-refractivity contribution in [2.75, 3.05) is 14.2 Å². The number of rotatable bonds is 13. The first kappa shape index (κ1) is 18.9. The summed E-state index contributed by atoms with van der Waals surface area (Å²) >= 11 is 0. The molecule has 0 N–H and O–H groups in total. The Labute approximate surface area is 121 Å². The van der Waals surface area contributed by atoms with Crippen LogP contribution < -0.4 is 0 Å². The Kier molecular flexibility index (Phi) is 11.7. The second kappa shape index (κ2) is 11.7. The lowest BCUT2D eigenvalue weighted by atomic mass is 9.87. The first-order chi connectivity index (χ1) is 9.20. The highest BCUT2D eigenvalue weighted by Gasteiger charge is 2.36. The molecule has 0 radical (unpaired) electrons. The molecule has 2 heteroatoms. The fourth-order valence-electron chi connectivity index (χ4n) is 3.08. The topological polar surface area (TPSA) is 18.5 Å². The summed E-state index contributed by atoms with van der Waals surface area (Å²) in [5, 5.41) is 0. The molecule has 1 unspecified atom stereocenters. The standard InChI is InChI=1S/C17H36O2/c1-6-9-10-11-12-13-14-16(8-3)17(18-4,19-5)15-7-2/h16H,6-15H2,1-5H3. The molecule has 2 nitrogen and oxygen atoms in total. The minimum Gasteiger partial charge on any atom is -0.353 e. The second-order valence-electron chi connectivity index (χ2n) is 5.63. The van der Waals surface area contributed by atoms with E-state index in [1.165, 1.54) is 44.9 Å². The number of hydrogen-bond acceptors (Lipinski definition) is 2. The predicted octanol–water partition coefficient (Wildman–Crippen LogP) is 5.55. The third kappa shape index (κ3) is 6.76. The molecule has 0 aromatic rings. The molecule has 0 amide bonds. The van der Waals surface area contributed by atoms with Crippen LogP contribution in [0.5, 0.6) is 0 Å². The van der Waals surface area contributed by atoms with Crippen LogP contribution >= 0.6 is 0 Å². The van der Waals surface area contributed by atoms with Crippen molar-refractivity contribution in [2.24, 2.45) is 5.92 Å². The van der Waals surface area contributed by atoms with E-state index in [-0.39, 0.29) is 5.79 Å². The first-order valence-corrected chi connectivity index (χ1v) is 8.30. The molecule has 116 valence electrons. The lowest BCUT2D eigenvalue weighted by molar-refractivity contribution is -0.246. The van der Waals surface area contributed by atoms with Crippen LogP contribution in [0.4, 0.5) is 0 Å². The highest BCUT2D eigenvalue weighted by molar-refractivity contribution is 4.78. The third-order valence-electron chi connectivity index (χ3n) is 4.31. The van der Waals surface area contributed by atoms with Gasteiger partial charge in [-0.15, -0.1) is 0 Å². The molecule has 0 heterocycles. The molecule has 1 atom stereocenters. The van der Waals surface area contributed by atoms with Gasteiger partial charge in [0.05, 0.1) is 0 Å². The van der Waals surface area contributed by atoms with E-state index in [2.05, 4.69) is 20.8 Å². The molecule has 19 heavy (non-hydrogen) atoms. The second-order valence-corrected chi connectivity index (χ2v) is 5.63. The van der Waals surface area contributed by atoms with Crippen molar-refractivity contribution in [3.05, 3.63) is 0 Å². The SMILES string of the molecule is CCCCCCCCC(CC)C(CCC)(OC)OC. The average Bonchev–Trinajstić information content (AvgIpc) is 2.45. The predicted molar refractivity (Wildman–Crippen MR) is 83.4 cm³/mol. The van der Waals surface area contributed by atoms with Crippen molar-refractivity contribution >= 4 is 0 Å². The Hall–Kier alpha value is -0.0800. The number of ether oxygens (including phenoxy) is 2. The Morgan fingerprint density at radius 2 is 1.37 bits per heavy atom. The molecule has 0 spiro atoms. The zero-order valence-electron chi connectivity index (χ0n) is 14.0. The van der Waals surface area contributed by atoms with E-state index in [0.29, 0.717) is 5.92 Å². The Bertz CT molecular complexity index is 188. The fraction of sp³-hybridized carbons (Fsp3) is 1.00.